The van der Waals surface area contributed by atoms with Crippen LogP contribution >= 0.6 is 11.6 Å². The number of ether oxygens (including phenoxy) is 1. The van der Waals surface area contributed by atoms with Gasteiger partial charge in [-0.15, -0.1) is 0 Å². The molecule has 0 aliphatic carbocycles. The zero-order valence-corrected chi connectivity index (χ0v) is 19.6. The second kappa shape index (κ2) is 9.53. The molecule has 2 saturated heterocycles. The molecule has 2 aliphatic heterocycles. The SMILES string of the molecule is CCOc1ccc(C(=O)N2CCC3(CC2)CCN(C(=O)C(C)c2ccc(Cl)cc2)C3)cc1. The van der Waals surface area contributed by atoms with Gasteiger partial charge < -0.3 is 14.5 Å². The van der Waals surface area contributed by atoms with Crippen molar-refractivity contribution in [3.05, 3.63) is 64.7 Å². The molecule has 1 spiro atoms. The first-order valence-corrected chi connectivity index (χ1v) is 11.8. The fraction of sp³-hybridized carbons (Fsp3) is 0.462. The van der Waals surface area contributed by atoms with Crippen molar-refractivity contribution < 1.29 is 14.3 Å². The van der Waals surface area contributed by atoms with Crippen LogP contribution in [0.25, 0.3) is 0 Å². The minimum atomic E-state index is -0.177. The second-order valence-corrected chi connectivity index (χ2v) is 9.47. The van der Waals surface area contributed by atoms with Gasteiger partial charge in [0.1, 0.15) is 5.75 Å². The van der Waals surface area contributed by atoms with E-state index in [2.05, 4.69) is 0 Å². The number of likely N-dealkylation sites (tertiary alicyclic amines) is 2. The molecule has 170 valence electrons. The van der Waals surface area contributed by atoms with Gasteiger partial charge in [0.25, 0.3) is 5.91 Å². The summed E-state index contributed by atoms with van der Waals surface area (Å²) in [5.41, 5.74) is 1.82. The molecular weight excluding hydrogens is 424 g/mol. The normalized spacial score (nSPS) is 18.6. The van der Waals surface area contributed by atoms with Crippen LogP contribution in [0, 0.1) is 5.41 Å². The molecule has 2 amide bonds. The standard InChI is InChI=1S/C26H31ClN2O3/c1-3-32-23-10-6-21(7-11-23)25(31)28-15-12-26(13-16-28)14-17-29(18-26)24(30)19(2)20-4-8-22(27)9-5-20/h4-11,19H,3,12-18H2,1-2H3. The average molecular weight is 455 g/mol. The summed E-state index contributed by atoms with van der Waals surface area (Å²) in [6.45, 7) is 7.58. The summed E-state index contributed by atoms with van der Waals surface area (Å²) in [5.74, 6) is 0.858. The summed E-state index contributed by atoms with van der Waals surface area (Å²) in [6, 6.07) is 14.9. The number of halogens is 1. The first-order chi connectivity index (χ1) is 15.4. The van der Waals surface area contributed by atoms with E-state index in [1.165, 1.54) is 0 Å². The van der Waals surface area contributed by atoms with E-state index in [4.69, 9.17) is 16.3 Å². The van der Waals surface area contributed by atoms with E-state index < -0.39 is 0 Å². The highest BCUT2D eigenvalue weighted by molar-refractivity contribution is 6.30. The van der Waals surface area contributed by atoms with Gasteiger partial charge in [-0.05, 0) is 80.5 Å². The van der Waals surface area contributed by atoms with Crippen LogP contribution in [0.5, 0.6) is 5.75 Å². The third-order valence-corrected chi connectivity index (χ3v) is 7.27. The van der Waals surface area contributed by atoms with Crippen LogP contribution in [-0.4, -0.2) is 54.4 Å². The summed E-state index contributed by atoms with van der Waals surface area (Å²) in [5, 5.41) is 0.681. The Kier molecular flexibility index (Phi) is 6.75. The van der Waals surface area contributed by atoms with E-state index in [1.54, 1.807) is 0 Å². The highest BCUT2D eigenvalue weighted by Gasteiger charge is 2.43. The van der Waals surface area contributed by atoms with Crippen molar-refractivity contribution in [2.24, 2.45) is 5.41 Å². The van der Waals surface area contributed by atoms with Crippen LogP contribution in [0.1, 0.15) is 54.9 Å². The van der Waals surface area contributed by atoms with E-state index in [0.29, 0.717) is 17.2 Å². The van der Waals surface area contributed by atoms with Crippen LogP contribution in [0.2, 0.25) is 5.02 Å². The minimum Gasteiger partial charge on any atom is -0.494 e. The predicted molar refractivity (Wildman–Crippen MR) is 126 cm³/mol. The largest absolute Gasteiger partial charge is 0.494 e. The molecule has 2 aromatic carbocycles. The van der Waals surface area contributed by atoms with Crippen molar-refractivity contribution in [2.75, 3.05) is 32.8 Å². The van der Waals surface area contributed by atoms with E-state index in [9.17, 15) is 9.59 Å². The number of hydrogen-bond acceptors (Lipinski definition) is 3. The molecule has 0 saturated carbocycles. The van der Waals surface area contributed by atoms with Crippen LogP contribution in [0.4, 0.5) is 0 Å². The van der Waals surface area contributed by atoms with Gasteiger partial charge in [0.2, 0.25) is 5.91 Å². The molecule has 0 radical (unpaired) electrons. The lowest BCUT2D eigenvalue weighted by Crippen LogP contribution is -2.45. The maximum atomic E-state index is 13.1. The summed E-state index contributed by atoms with van der Waals surface area (Å²) < 4.78 is 5.47. The summed E-state index contributed by atoms with van der Waals surface area (Å²) >= 11 is 5.98. The number of benzene rings is 2. The van der Waals surface area contributed by atoms with Crippen molar-refractivity contribution >= 4 is 23.4 Å². The number of piperidine rings is 1. The molecule has 6 heteroatoms. The fourth-order valence-corrected chi connectivity index (χ4v) is 5.05. The number of nitrogens with zero attached hydrogens (tertiary/aromatic N) is 2. The Morgan fingerprint density at radius 3 is 2.16 bits per heavy atom. The van der Waals surface area contributed by atoms with Crippen molar-refractivity contribution in [2.45, 2.75) is 39.0 Å². The van der Waals surface area contributed by atoms with Crippen molar-refractivity contribution in [3.63, 3.8) is 0 Å². The van der Waals surface area contributed by atoms with E-state index in [0.717, 1.165) is 56.8 Å². The predicted octanol–water partition coefficient (Wildman–Crippen LogP) is 5.00. The molecule has 2 heterocycles. The molecule has 1 atom stereocenters. The van der Waals surface area contributed by atoms with Crippen LogP contribution in [-0.2, 0) is 4.79 Å². The number of hydrogen-bond donors (Lipinski definition) is 0. The van der Waals surface area contributed by atoms with Crippen molar-refractivity contribution in [3.8, 4) is 5.75 Å². The number of amides is 2. The summed E-state index contributed by atoms with van der Waals surface area (Å²) in [6.07, 6.45) is 2.89. The highest BCUT2D eigenvalue weighted by atomic mass is 35.5. The molecule has 0 bridgehead atoms. The Bertz CT molecular complexity index is 950. The monoisotopic (exact) mass is 454 g/mol. The molecule has 0 N–H and O–H groups in total. The van der Waals surface area contributed by atoms with Gasteiger partial charge in [0, 0.05) is 36.8 Å². The smallest absolute Gasteiger partial charge is 0.253 e. The fourth-order valence-electron chi connectivity index (χ4n) is 4.93. The number of carbonyl (C=O) groups is 2. The van der Waals surface area contributed by atoms with Gasteiger partial charge in [-0.3, -0.25) is 9.59 Å². The number of carbonyl (C=O) groups excluding carboxylic acids is 2. The lowest BCUT2D eigenvalue weighted by atomic mass is 9.77. The Labute approximate surface area is 195 Å². The van der Waals surface area contributed by atoms with E-state index in [1.807, 2.05) is 72.2 Å². The quantitative estimate of drug-likeness (QED) is 0.639. The van der Waals surface area contributed by atoms with Crippen molar-refractivity contribution in [1.82, 2.24) is 9.80 Å². The lowest BCUT2D eigenvalue weighted by molar-refractivity contribution is -0.132. The molecule has 5 nitrogen and oxygen atoms in total. The number of rotatable bonds is 5. The van der Waals surface area contributed by atoms with Crippen molar-refractivity contribution in [1.29, 1.82) is 0 Å². The minimum absolute atomic E-state index is 0.0742. The third kappa shape index (κ3) is 4.78. The maximum absolute atomic E-state index is 13.1. The molecule has 2 fully saturated rings. The zero-order chi connectivity index (χ0) is 22.7. The molecule has 4 rings (SSSR count). The van der Waals surface area contributed by atoms with Crippen LogP contribution < -0.4 is 4.74 Å². The van der Waals surface area contributed by atoms with Gasteiger partial charge in [-0.2, -0.15) is 0 Å². The second-order valence-electron chi connectivity index (χ2n) is 9.03. The van der Waals surface area contributed by atoms with Crippen LogP contribution in [0.3, 0.4) is 0 Å². The zero-order valence-electron chi connectivity index (χ0n) is 18.9. The van der Waals surface area contributed by atoms with Crippen LogP contribution in [0.15, 0.2) is 48.5 Å². The highest BCUT2D eigenvalue weighted by Crippen LogP contribution is 2.41. The Morgan fingerprint density at radius 2 is 1.56 bits per heavy atom. The van der Waals surface area contributed by atoms with Gasteiger partial charge in [-0.25, -0.2) is 0 Å². The Hall–Kier alpha value is -2.53. The Balaban J connectivity index is 1.33. The Morgan fingerprint density at radius 1 is 0.969 bits per heavy atom. The molecule has 32 heavy (non-hydrogen) atoms. The molecule has 1 unspecified atom stereocenters. The maximum Gasteiger partial charge on any atom is 0.253 e. The van der Waals surface area contributed by atoms with Gasteiger partial charge in [-0.1, -0.05) is 23.7 Å². The average Bonchev–Trinajstić information content (AvgIpc) is 3.23. The molecule has 2 aromatic rings. The third-order valence-electron chi connectivity index (χ3n) is 7.01. The first kappa shape index (κ1) is 22.7. The summed E-state index contributed by atoms with van der Waals surface area (Å²) in [4.78, 5) is 30.0. The topological polar surface area (TPSA) is 49.9 Å². The first-order valence-electron chi connectivity index (χ1n) is 11.5. The van der Waals surface area contributed by atoms with Gasteiger partial charge in [0.15, 0.2) is 0 Å². The van der Waals surface area contributed by atoms with Gasteiger partial charge >= 0.3 is 0 Å². The molecular formula is C26H31ClN2O3. The molecule has 2 aliphatic rings. The summed E-state index contributed by atoms with van der Waals surface area (Å²) in [7, 11) is 0. The van der Waals surface area contributed by atoms with Gasteiger partial charge in [0.05, 0.1) is 12.5 Å². The lowest BCUT2D eigenvalue weighted by Gasteiger charge is -2.39. The molecule has 0 aromatic heterocycles. The van der Waals surface area contributed by atoms with E-state index in [-0.39, 0.29) is 23.1 Å². The van der Waals surface area contributed by atoms with E-state index >= 15 is 0 Å².